The van der Waals surface area contributed by atoms with Gasteiger partial charge in [0, 0.05) is 44.4 Å². The van der Waals surface area contributed by atoms with Gasteiger partial charge in [0.15, 0.2) is 0 Å². The maximum atomic E-state index is 13.2. The van der Waals surface area contributed by atoms with Crippen molar-refractivity contribution < 1.29 is 19.2 Å². The van der Waals surface area contributed by atoms with Crippen LogP contribution in [0.25, 0.3) is 0 Å². The first-order chi connectivity index (χ1) is 21.1. The van der Waals surface area contributed by atoms with Crippen molar-refractivity contribution in [3.05, 3.63) is 65.5 Å². The van der Waals surface area contributed by atoms with Gasteiger partial charge >= 0.3 is 0 Å². The number of carbonyl (C=O) groups is 4. The van der Waals surface area contributed by atoms with Gasteiger partial charge in [-0.05, 0) is 119 Å². The fourth-order valence-corrected chi connectivity index (χ4v) is 7.92. The molecule has 0 bridgehead atoms. The van der Waals surface area contributed by atoms with Crippen molar-refractivity contribution >= 4 is 137 Å². The van der Waals surface area contributed by atoms with Gasteiger partial charge in [-0.2, -0.15) is 0 Å². The lowest BCUT2D eigenvalue weighted by molar-refractivity contribution is -0.124. The van der Waals surface area contributed by atoms with Gasteiger partial charge in [0.1, 0.15) is 8.64 Å². The number of rotatable bonds is 14. The van der Waals surface area contributed by atoms with E-state index >= 15 is 0 Å². The fraction of sp³-hybridized carbons (Fsp3) is 0.333. The molecule has 8 nitrogen and oxygen atoms in total. The van der Waals surface area contributed by atoms with Crippen molar-refractivity contribution in [2.24, 2.45) is 0 Å². The van der Waals surface area contributed by atoms with E-state index in [-0.39, 0.29) is 23.6 Å². The zero-order valence-electron chi connectivity index (χ0n) is 23.6. The van der Waals surface area contributed by atoms with Crippen LogP contribution in [-0.4, -0.2) is 55.2 Å². The van der Waals surface area contributed by atoms with E-state index in [1.54, 1.807) is 0 Å². The number of carbonyl (C=O) groups excluding carboxylic acids is 4. The van der Waals surface area contributed by atoms with Gasteiger partial charge < -0.3 is 10.6 Å². The second-order valence-corrected chi connectivity index (χ2v) is 15.8. The van der Waals surface area contributed by atoms with Gasteiger partial charge in [0.05, 0.1) is 9.81 Å². The highest BCUT2D eigenvalue weighted by atomic mass is 127. The monoisotopic (exact) mass is 892 g/mol. The number of hydrogen-bond acceptors (Lipinski definition) is 8. The predicted molar refractivity (Wildman–Crippen MR) is 203 cm³/mol. The Morgan fingerprint density at radius 3 is 1.34 bits per heavy atom. The van der Waals surface area contributed by atoms with E-state index in [4.69, 9.17) is 24.4 Å². The van der Waals surface area contributed by atoms with Crippen LogP contribution in [0.2, 0.25) is 0 Å². The summed E-state index contributed by atoms with van der Waals surface area (Å²) >= 11 is 17.7. The first-order valence-electron chi connectivity index (χ1n) is 14.0. The Bertz CT molecular complexity index is 1360. The molecule has 14 heteroatoms. The number of amides is 4. The van der Waals surface area contributed by atoms with Crippen molar-refractivity contribution in [3.63, 3.8) is 0 Å². The first-order valence-corrected chi connectivity index (χ1v) is 18.7. The number of benzene rings is 2. The van der Waals surface area contributed by atoms with E-state index in [0.717, 1.165) is 54.9 Å². The number of nitrogens with one attached hydrogen (secondary N) is 2. The number of halogens is 2. The molecule has 2 aliphatic rings. The van der Waals surface area contributed by atoms with Crippen LogP contribution in [0.4, 0.5) is 11.4 Å². The number of hydrogen-bond donors (Lipinski definition) is 2. The molecule has 2 heterocycles. The molecule has 0 radical (unpaired) electrons. The van der Waals surface area contributed by atoms with E-state index < -0.39 is 0 Å². The van der Waals surface area contributed by atoms with E-state index in [0.29, 0.717) is 70.1 Å². The average Bonchev–Trinajstić information content (AvgIpc) is 3.43. The second-order valence-electron chi connectivity index (χ2n) is 10.0. The van der Waals surface area contributed by atoms with Crippen LogP contribution in [0.3, 0.4) is 0 Å². The SMILES string of the molecule is O=C(CCCCCN1C(=O)/C(=C2\SC(=S)N(CCCCCC(=O)Nc3ccc(I)cc3)C2=O)SC1=S)Nc1ccc(I)cc1. The zero-order valence-corrected chi connectivity index (χ0v) is 31.2. The predicted octanol–water partition coefficient (Wildman–Crippen LogP) is 7.53. The fourth-order valence-electron chi connectivity index (χ4n) is 4.43. The van der Waals surface area contributed by atoms with Gasteiger partial charge in [0.25, 0.3) is 11.8 Å². The summed E-state index contributed by atoms with van der Waals surface area (Å²) < 4.78 is 3.06. The number of anilines is 2. The van der Waals surface area contributed by atoms with Gasteiger partial charge in [-0.3, -0.25) is 29.0 Å². The minimum Gasteiger partial charge on any atom is -0.326 e. The Balaban J connectivity index is 1.16. The molecule has 0 aromatic heterocycles. The molecule has 0 saturated carbocycles. The quantitative estimate of drug-likeness (QED) is 0.0871. The lowest BCUT2D eigenvalue weighted by atomic mass is 10.1. The molecule has 0 spiro atoms. The average molecular weight is 893 g/mol. The molecule has 0 unspecified atom stereocenters. The number of thiocarbonyl (C=S) groups is 2. The van der Waals surface area contributed by atoms with Crippen LogP contribution >= 0.6 is 93.1 Å². The van der Waals surface area contributed by atoms with Crippen LogP contribution in [0.1, 0.15) is 51.4 Å². The summed E-state index contributed by atoms with van der Waals surface area (Å²) in [6.45, 7) is 0.870. The molecule has 2 aromatic rings. The smallest absolute Gasteiger partial charge is 0.267 e. The maximum absolute atomic E-state index is 13.2. The summed E-state index contributed by atoms with van der Waals surface area (Å²) in [5.41, 5.74) is 1.55. The molecular weight excluding hydrogens is 862 g/mol. The van der Waals surface area contributed by atoms with Crippen LogP contribution in [0.5, 0.6) is 0 Å². The normalized spacial score (nSPS) is 16.7. The summed E-state index contributed by atoms with van der Waals surface area (Å²) in [4.78, 5) is 54.6. The summed E-state index contributed by atoms with van der Waals surface area (Å²) in [6, 6.07) is 15.3. The van der Waals surface area contributed by atoms with Crippen molar-refractivity contribution in [2.75, 3.05) is 23.7 Å². The molecule has 232 valence electrons. The van der Waals surface area contributed by atoms with E-state index in [1.807, 2.05) is 48.5 Å². The highest BCUT2D eigenvalue weighted by Gasteiger charge is 2.41. The molecule has 0 atom stereocenters. The summed E-state index contributed by atoms with van der Waals surface area (Å²) in [7, 11) is 0. The Morgan fingerprint density at radius 1 is 0.614 bits per heavy atom. The van der Waals surface area contributed by atoms with Crippen LogP contribution < -0.4 is 10.6 Å². The minimum absolute atomic E-state index is 0.0396. The Hall–Kier alpha value is -1.60. The molecule has 0 aliphatic carbocycles. The third kappa shape index (κ3) is 10.2. The topological polar surface area (TPSA) is 98.8 Å². The van der Waals surface area contributed by atoms with Crippen LogP contribution in [0, 0.1) is 7.14 Å². The van der Waals surface area contributed by atoms with E-state index in [2.05, 4.69) is 55.8 Å². The Kier molecular flexibility index (Phi) is 13.9. The number of unbranched alkanes of at least 4 members (excludes halogenated alkanes) is 4. The third-order valence-electron chi connectivity index (χ3n) is 6.73. The van der Waals surface area contributed by atoms with Gasteiger partial charge in [-0.15, -0.1) is 0 Å². The van der Waals surface area contributed by atoms with Crippen molar-refractivity contribution in [3.8, 4) is 0 Å². The first kappa shape index (κ1) is 35.3. The second kappa shape index (κ2) is 17.4. The molecule has 2 fully saturated rings. The van der Waals surface area contributed by atoms with Crippen molar-refractivity contribution in [1.82, 2.24) is 9.80 Å². The molecule has 4 amide bonds. The lowest BCUT2D eigenvalue weighted by Gasteiger charge is -2.14. The Labute approximate surface area is 303 Å². The molecule has 2 N–H and O–H groups in total. The van der Waals surface area contributed by atoms with Crippen molar-refractivity contribution in [2.45, 2.75) is 51.4 Å². The minimum atomic E-state index is -0.268. The maximum Gasteiger partial charge on any atom is 0.267 e. The highest BCUT2D eigenvalue weighted by Crippen LogP contribution is 2.42. The molecular formula is C30H30I2N4O4S4. The molecule has 4 rings (SSSR count). The summed E-state index contributed by atoms with van der Waals surface area (Å²) in [5, 5.41) is 5.79. The van der Waals surface area contributed by atoms with E-state index in [9.17, 15) is 19.2 Å². The zero-order chi connectivity index (χ0) is 31.6. The van der Waals surface area contributed by atoms with Crippen molar-refractivity contribution in [1.29, 1.82) is 0 Å². The number of thioether (sulfide) groups is 2. The Morgan fingerprint density at radius 2 is 0.977 bits per heavy atom. The summed E-state index contributed by atoms with van der Waals surface area (Å²) in [5.74, 6) is -0.614. The lowest BCUT2D eigenvalue weighted by Crippen LogP contribution is -2.31. The molecule has 44 heavy (non-hydrogen) atoms. The van der Waals surface area contributed by atoms with Gasteiger partial charge in [-0.1, -0.05) is 60.8 Å². The van der Waals surface area contributed by atoms with Gasteiger partial charge in [-0.25, -0.2) is 0 Å². The largest absolute Gasteiger partial charge is 0.326 e. The highest BCUT2D eigenvalue weighted by molar-refractivity contribution is 14.1. The summed E-state index contributed by atoms with van der Waals surface area (Å²) in [6.07, 6.45) is 5.10. The number of nitrogens with zero attached hydrogens (tertiary/aromatic N) is 2. The molecule has 2 aromatic carbocycles. The van der Waals surface area contributed by atoms with Gasteiger partial charge in [0.2, 0.25) is 11.8 Å². The third-order valence-corrected chi connectivity index (χ3v) is 11.2. The standard InChI is InChI=1S/C30H30I2N4O4S4/c31-19-9-13-21(14-10-19)33-23(37)7-3-1-5-17-35-27(39)25(43-29(35)41)26-28(40)36(30(42)44-26)18-6-2-4-8-24(38)34-22-15-11-20(32)12-16-22/h9-16H,1-8,17-18H2,(H,33,37)(H,34,38)/b26-25+. The van der Waals surface area contributed by atoms with E-state index in [1.165, 1.54) is 9.80 Å². The van der Waals surface area contributed by atoms with Crippen LogP contribution in [-0.2, 0) is 19.2 Å². The molecule has 2 aliphatic heterocycles. The molecule has 2 saturated heterocycles. The van der Waals surface area contributed by atoms with Crippen LogP contribution in [0.15, 0.2) is 58.3 Å².